The second-order valence-corrected chi connectivity index (χ2v) is 35.3. The van der Waals surface area contributed by atoms with Crippen molar-refractivity contribution in [3.63, 3.8) is 0 Å². The Labute approximate surface area is 214 Å². The molecule has 1 unspecified atom stereocenters. The fraction of sp³-hybridized carbons (Fsp3) is 1.00. The smallest absolute Gasteiger partial charge is 0.336 e. The highest BCUT2D eigenvalue weighted by molar-refractivity contribution is 6.94. The van der Waals surface area contributed by atoms with Gasteiger partial charge in [-0.25, -0.2) is 0 Å². The van der Waals surface area contributed by atoms with Crippen LogP contribution in [0.15, 0.2) is 0 Å². The van der Waals surface area contributed by atoms with E-state index in [0.717, 1.165) is 0 Å². The van der Waals surface area contributed by atoms with Gasteiger partial charge in [0.15, 0.2) is 16.6 Å². The molecule has 0 spiro atoms. The topological polar surface area (TPSA) is 30.9 Å². The van der Waals surface area contributed by atoms with E-state index < -0.39 is 41.7 Å². The lowest BCUT2D eigenvalue weighted by Gasteiger charge is -2.52. The van der Waals surface area contributed by atoms with Crippen LogP contribution in [0.1, 0.15) is 54.9 Å². The second-order valence-electron chi connectivity index (χ2n) is 11.4. The molecule has 0 fully saturated rings. The van der Waals surface area contributed by atoms with Gasteiger partial charge in [0.05, 0.1) is 0 Å². The van der Waals surface area contributed by atoms with E-state index in [0.29, 0.717) is 5.16 Å². The maximum atomic E-state index is 7.10. The molecule has 33 heavy (non-hydrogen) atoms. The fourth-order valence-corrected chi connectivity index (χ4v) is 34.6. The SMILES string of the molecule is CC[Si](CC)(CC)N(CCC[Si](C)(C)O[Si](C)(C)C(C)[Si](C)(OC)OC)[Si](CC)(CC)CC. The van der Waals surface area contributed by atoms with Gasteiger partial charge < -0.3 is 17.2 Å². The average molecular weight is 552 g/mol. The zero-order valence-electron chi connectivity index (χ0n) is 25.1. The third-order valence-electron chi connectivity index (χ3n) is 9.43. The van der Waals surface area contributed by atoms with Crippen LogP contribution in [0.2, 0.25) is 80.2 Å². The van der Waals surface area contributed by atoms with E-state index in [4.69, 9.17) is 13.0 Å². The molecule has 0 heterocycles. The van der Waals surface area contributed by atoms with Crippen molar-refractivity contribution in [3.8, 4) is 0 Å². The molecule has 0 saturated heterocycles. The minimum Gasteiger partial charge on any atom is -0.455 e. The van der Waals surface area contributed by atoms with Gasteiger partial charge in [0, 0.05) is 19.4 Å². The lowest BCUT2D eigenvalue weighted by atomic mass is 10.5. The monoisotopic (exact) mass is 551 g/mol. The highest BCUT2D eigenvalue weighted by atomic mass is 28.5. The summed E-state index contributed by atoms with van der Waals surface area (Å²) in [4.78, 5) is 0. The minimum absolute atomic E-state index is 0.393. The summed E-state index contributed by atoms with van der Waals surface area (Å²) in [6.45, 7) is 30.4. The highest BCUT2D eigenvalue weighted by Crippen LogP contribution is 2.38. The first kappa shape index (κ1) is 33.9. The number of hydrogen-bond acceptors (Lipinski definition) is 4. The summed E-state index contributed by atoms with van der Waals surface area (Å²) in [6, 6.07) is 9.68. The first-order chi connectivity index (χ1) is 15.2. The molecule has 0 aliphatic rings. The van der Waals surface area contributed by atoms with E-state index in [-0.39, 0.29) is 0 Å². The van der Waals surface area contributed by atoms with Crippen LogP contribution in [0.5, 0.6) is 0 Å². The van der Waals surface area contributed by atoms with Gasteiger partial charge in [-0.1, -0.05) is 48.5 Å². The van der Waals surface area contributed by atoms with Crippen LogP contribution in [0.4, 0.5) is 0 Å². The third kappa shape index (κ3) is 8.21. The zero-order valence-corrected chi connectivity index (χ0v) is 30.1. The van der Waals surface area contributed by atoms with Crippen LogP contribution in [-0.4, -0.2) is 66.7 Å². The van der Waals surface area contributed by atoms with Crippen LogP contribution in [0, 0.1) is 0 Å². The van der Waals surface area contributed by atoms with Crippen LogP contribution in [-0.2, 0) is 13.0 Å². The van der Waals surface area contributed by atoms with Crippen molar-refractivity contribution in [2.24, 2.45) is 0 Å². The molecule has 0 bridgehead atoms. The molecule has 200 valence electrons. The van der Waals surface area contributed by atoms with Crippen LogP contribution < -0.4 is 0 Å². The van der Waals surface area contributed by atoms with Crippen LogP contribution >= 0.6 is 0 Å². The Morgan fingerprint density at radius 2 is 1.03 bits per heavy atom. The lowest BCUT2D eigenvalue weighted by molar-refractivity contribution is 0.244. The van der Waals surface area contributed by atoms with E-state index in [1.54, 1.807) is 0 Å². The van der Waals surface area contributed by atoms with Crippen molar-refractivity contribution >= 4 is 41.7 Å². The van der Waals surface area contributed by atoms with Crippen LogP contribution in [0.3, 0.4) is 0 Å². The predicted molar refractivity (Wildman–Crippen MR) is 162 cm³/mol. The van der Waals surface area contributed by atoms with Gasteiger partial charge in [0.25, 0.3) is 0 Å². The largest absolute Gasteiger partial charge is 0.455 e. The molecular formula is C24H61NO3Si5. The molecule has 0 aliphatic heterocycles. The molecule has 0 amide bonds. The van der Waals surface area contributed by atoms with Gasteiger partial charge in [-0.05, 0) is 88.0 Å². The van der Waals surface area contributed by atoms with Gasteiger partial charge in [-0.2, -0.15) is 0 Å². The van der Waals surface area contributed by atoms with Gasteiger partial charge >= 0.3 is 8.56 Å². The Morgan fingerprint density at radius 3 is 1.33 bits per heavy atom. The van der Waals surface area contributed by atoms with E-state index in [2.05, 4.69) is 85.4 Å². The van der Waals surface area contributed by atoms with Gasteiger partial charge in [-0.3, -0.25) is 0 Å². The summed E-state index contributed by atoms with van der Waals surface area (Å²) in [6.07, 6.45) is 1.30. The number of rotatable bonds is 18. The normalized spacial score (nSPS) is 15.4. The first-order valence-corrected chi connectivity index (χ1v) is 27.4. The molecule has 0 saturated carbocycles. The molecule has 0 rings (SSSR count). The van der Waals surface area contributed by atoms with E-state index in [9.17, 15) is 0 Å². The Bertz CT molecular complexity index is 514. The van der Waals surface area contributed by atoms with Gasteiger partial charge in [0.1, 0.15) is 16.5 Å². The quantitative estimate of drug-likeness (QED) is 0.160. The molecule has 0 aromatic heterocycles. The Hall–Kier alpha value is 0.924. The fourth-order valence-electron chi connectivity index (χ4n) is 6.21. The third-order valence-corrected chi connectivity index (χ3v) is 37.7. The standard InChI is InChI=1S/C24H61NO3Si5/c1-15-32(16-2,17-3)25(33(18-4,19-5)20-6)22-21-23-29(10,11)28-30(12,13)24(7)31(14,26-8)27-9/h24H,15-23H2,1-14H3. The summed E-state index contributed by atoms with van der Waals surface area (Å²) in [5.41, 5.74) is 0. The summed E-state index contributed by atoms with van der Waals surface area (Å²) in [5, 5.41) is 0.393. The maximum absolute atomic E-state index is 7.10. The van der Waals surface area contributed by atoms with Crippen molar-refractivity contribution in [3.05, 3.63) is 0 Å². The molecular weight excluding hydrogens is 491 g/mol. The van der Waals surface area contributed by atoms with Crippen molar-refractivity contribution in [2.75, 3.05) is 20.8 Å². The lowest BCUT2D eigenvalue weighted by Crippen LogP contribution is -2.66. The minimum atomic E-state index is -2.20. The molecule has 0 aromatic carbocycles. The summed E-state index contributed by atoms with van der Waals surface area (Å²) < 4.78 is 22.1. The molecule has 0 aliphatic carbocycles. The molecule has 9 heteroatoms. The zero-order chi connectivity index (χ0) is 26.1. The molecule has 0 aromatic rings. The Kier molecular flexibility index (Phi) is 14.4. The second kappa shape index (κ2) is 14.0. The predicted octanol–water partition coefficient (Wildman–Crippen LogP) is 8.41. The van der Waals surface area contributed by atoms with E-state index >= 15 is 0 Å². The first-order valence-electron chi connectivity index (χ1n) is 13.8. The molecule has 1 atom stereocenters. The average Bonchev–Trinajstić information content (AvgIpc) is 2.79. The number of hydrogen-bond donors (Lipinski definition) is 0. The Morgan fingerprint density at radius 1 is 0.667 bits per heavy atom. The molecule has 4 nitrogen and oxygen atoms in total. The van der Waals surface area contributed by atoms with Gasteiger partial charge in [0.2, 0.25) is 0 Å². The van der Waals surface area contributed by atoms with Crippen molar-refractivity contribution < 1.29 is 13.0 Å². The van der Waals surface area contributed by atoms with E-state index in [1.807, 2.05) is 14.2 Å². The highest BCUT2D eigenvalue weighted by Gasteiger charge is 2.50. The summed E-state index contributed by atoms with van der Waals surface area (Å²) in [5.74, 6) is 0. The number of nitrogens with zero attached hydrogens (tertiary/aromatic N) is 1. The maximum Gasteiger partial charge on any atom is 0.336 e. The Balaban J connectivity index is 5.64. The van der Waals surface area contributed by atoms with Crippen molar-refractivity contribution in [2.45, 2.75) is 135 Å². The summed E-state index contributed by atoms with van der Waals surface area (Å²) in [7, 11) is -5.07. The van der Waals surface area contributed by atoms with Gasteiger partial charge in [-0.15, -0.1) is 0 Å². The summed E-state index contributed by atoms with van der Waals surface area (Å²) >= 11 is 0. The van der Waals surface area contributed by atoms with Crippen molar-refractivity contribution in [1.82, 2.24) is 4.23 Å². The van der Waals surface area contributed by atoms with E-state index in [1.165, 1.54) is 55.3 Å². The molecule has 0 radical (unpaired) electrons. The molecule has 0 N–H and O–H groups in total. The van der Waals surface area contributed by atoms with Crippen LogP contribution in [0.25, 0.3) is 0 Å². The van der Waals surface area contributed by atoms with Crippen molar-refractivity contribution in [1.29, 1.82) is 0 Å².